The van der Waals surface area contributed by atoms with E-state index in [1.54, 1.807) is 18.9 Å². The van der Waals surface area contributed by atoms with E-state index in [1.807, 2.05) is 55.5 Å². The molecule has 4 aliphatic rings. The van der Waals surface area contributed by atoms with E-state index in [0.29, 0.717) is 19.8 Å². The van der Waals surface area contributed by atoms with Crippen LogP contribution in [0.25, 0.3) is 0 Å². The topological polar surface area (TPSA) is 67.9 Å². The molecule has 5 unspecified atom stereocenters. The maximum absolute atomic E-state index is 6.64. The average molecular weight is 473 g/mol. The number of hydrogen-bond acceptors (Lipinski definition) is 8. The molecule has 4 aliphatic heterocycles. The minimum absolute atomic E-state index is 0.0499. The average Bonchev–Trinajstić information content (AvgIpc) is 3.57. The van der Waals surface area contributed by atoms with Crippen molar-refractivity contribution in [3.63, 3.8) is 0 Å². The van der Waals surface area contributed by atoms with Gasteiger partial charge in [0.05, 0.1) is 19.8 Å². The summed E-state index contributed by atoms with van der Waals surface area (Å²) in [6.07, 6.45) is -1.96. The molecule has 4 fully saturated rings. The van der Waals surface area contributed by atoms with Crippen LogP contribution in [-0.2, 0) is 39.8 Å². The number of thioether (sulfide) groups is 1. The van der Waals surface area contributed by atoms with E-state index in [4.69, 9.17) is 33.2 Å². The second-order valence-electron chi connectivity index (χ2n) is 8.98. The maximum Gasteiger partial charge on any atom is 0.230 e. The van der Waals surface area contributed by atoms with E-state index in [-0.39, 0.29) is 11.5 Å². The Balaban J connectivity index is 1.31. The molecule has 176 valence electrons. The number of rotatable bonds is 8. The molecule has 2 bridgehead atoms. The van der Waals surface area contributed by atoms with Gasteiger partial charge >= 0.3 is 0 Å². The molecule has 8 atom stereocenters. The van der Waals surface area contributed by atoms with Crippen molar-refractivity contribution in [2.24, 2.45) is 0 Å². The van der Waals surface area contributed by atoms with Crippen molar-refractivity contribution >= 4 is 11.8 Å². The van der Waals surface area contributed by atoms with Gasteiger partial charge in [0.15, 0.2) is 6.29 Å². The van der Waals surface area contributed by atoms with Crippen LogP contribution in [0.4, 0.5) is 0 Å². The molecule has 4 saturated heterocycles. The van der Waals surface area contributed by atoms with Crippen molar-refractivity contribution in [1.29, 1.82) is 0 Å². The second kappa shape index (κ2) is 8.62. The zero-order valence-electron chi connectivity index (χ0n) is 18.6. The molecule has 1 spiro atoms. The van der Waals surface area contributed by atoms with Crippen LogP contribution in [0.1, 0.15) is 12.5 Å². The van der Waals surface area contributed by atoms with Gasteiger partial charge in [-0.05, 0) is 24.6 Å². The summed E-state index contributed by atoms with van der Waals surface area (Å²) >= 11 is 1.61. The standard InChI is InChI=1S/C25H28O7S/c1-24(18-15-27-18)23-30-21-20(28-13-16-9-5-3-6-10-16)22(33-17-11-7-4-8-12-17)29-19(14-26-2)25(21,31-23)32-24/h3-12,18-23H,13-15H2,1-2H3/t18-,19+,20?,21?,22-,23?,24?,25?/m0/s1. The highest BCUT2D eigenvalue weighted by Gasteiger charge is 2.76. The van der Waals surface area contributed by atoms with Crippen LogP contribution in [0.5, 0.6) is 0 Å². The van der Waals surface area contributed by atoms with Gasteiger partial charge in [-0.25, -0.2) is 0 Å². The summed E-state index contributed by atoms with van der Waals surface area (Å²) in [4.78, 5) is 1.09. The first-order chi connectivity index (χ1) is 16.1. The lowest BCUT2D eigenvalue weighted by Gasteiger charge is -2.50. The Kier molecular flexibility index (Phi) is 5.75. The van der Waals surface area contributed by atoms with Crippen LogP contribution >= 0.6 is 11.8 Å². The highest BCUT2D eigenvalue weighted by molar-refractivity contribution is 7.99. The second-order valence-corrected chi connectivity index (χ2v) is 10.1. The lowest BCUT2D eigenvalue weighted by molar-refractivity contribution is -0.341. The Morgan fingerprint density at radius 2 is 1.76 bits per heavy atom. The van der Waals surface area contributed by atoms with Crippen molar-refractivity contribution < 1.29 is 33.2 Å². The maximum atomic E-state index is 6.64. The van der Waals surface area contributed by atoms with Crippen LogP contribution in [0.2, 0.25) is 0 Å². The van der Waals surface area contributed by atoms with Crippen molar-refractivity contribution in [1.82, 2.24) is 0 Å². The molecule has 6 rings (SSSR count). The van der Waals surface area contributed by atoms with Gasteiger partial charge in [-0.3, -0.25) is 0 Å². The van der Waals surface area contributed by atoms with Gasteiger partial charge in [-0.15, -0.1) is 0 Å². The number of ether oxygens (including phenoxy) is 7. The molecular formula is C25H28O7S. The van der Waals surface area contributed by atoms with Crippen LogP contribution < -0.4 is 0 Å². The number of hydrogen-bond donors (Lipinski definition) is 0. The van der Waals surface area contributed by atoms with Crippen LogP contribution in [0.3, 0.4) is 0 Å². The van der Waals surface area contributed by atoms with Gasteiger partial charge in [0, 0.05) is 12.0 Å². The summed E-state index contributed by atoms with van der Waals surface area (Å²) < 4.78 is 43.7. The monoisotopic (exact) mass is 472 g/mol. The number of epoxide rings is 1. The number of fused-ring (bicyclic) bond motifs is 1. The first kappa shape index (κ1) is 22.0. The molecule has 0 aliphatic carbocycles. The largest absolute Gasteiger partial charge is 0.382 e. The highest BCUT2D eigenvalue weighted by atomic mass is 32.2. The van der Waals surface area contributed by atoms with Gasteiger partial charge in [0.1, 0.15) is 35.5 Å². The Labute approximate surface area is 197 Å². The zero-order valence-corrected chi connectivity index (χ0v) is 19.4. The summed E-state index contributed by atoms with van der Waals surface area (Å²) in [5.41, 5.74) is 0.0620. The third-order valence-corrected chi connectivity index (χ3v) is 7.85. The quantitative estimate of drug-likeness (QED) is 0.542. The molecule has 8 heteroatoms. The Hall–Kier alpha value is -1.49. The highest BCUT2D eigenvalue weighted by Crippen LogP contribution is 2.57. The molecule has 4 heterocycles. The molecule has 2 aromatic carbocycles. The third kappa shape index (κ3) is 3.83. The molecule has 0 saturated carbocycles. The fourth-order valence-electron chi connectivity index (χ4n) is 4.89. The summed E-state index contributed by atoms with van der Waals surface area (Å²) in [6.45, 7) is 3.36. The third-order valence-electron chi connectivity index (χ3n) is 6.69. The molecule has 0 aromatic heterocycles. The minimum atomic E-state index is -1.11. The van der Waals surface area contributed by atoms with Gasteiger partial charge in [0.25, 0.3) is 0 Å². The summed E-state index contributed by atoms with van der Waals surface area (Å²) in [5, 5.41) is 0. The fraction of sp³-hybridized carbons (Fsp3) is 0.520. The van der Waals surface area contributed by atoms with E-state index in [2.05, 4.69) is 12.1 Å². The van der Waals surface area contributed by atoms with Gasteiger partial charge in [-0.2, -0.15) is 0 Å². The molecular weight excluding hydrogens is 444 g/mol. The van der Waals surface area contributed by atoms with Crippen LogP contribution in [0.15, 0.2) is 65.6 Å². The Bertz CT molecular complexity index is 958. The lowest BCUT2D eigenvalue weighted by Crippen LogP contribution is -2.69. The lowest BCUT2D eigenvalue weighted by atomic mass is 9.93. The van der Waals surface area contributed by atoms with Crippen molar-refractivity contribution in [3.05, 3.63) is 66.2 Å². The first-order valence-electron chi connectivity index (χ1n) is 11.3. The van der Waals surface area contributed by atoms with E-state index >= 15 is 0 Å². The first-order valence-corrected chi connectivity index (χ1v) is 12.2. The van der Waals surface area contributed by atoms with E-state index in [9.17, 15) is 0 Å². The summed E-state index contributed by atoms with van der Waals surface area (Å²) in [5.74, 6) is -1.11. The zero-order chi connectivity index (χ0) is 22.5. The van der Waals surface area contributed by atoms with Gasteiger partial charge in [0.2, 0.25) is 5.79 Å². The SMILES string of the molecule is COC[C@H]1O[C@@H](Sc2ccccc2)C(OCc2ccccc2)C2OC3OC21OC3(C)[C@@H]1CO1. The van der Waals surface area contributed by atoms with E-state index in [1.165, 1.54) is 0 Å². The van der Waals surface area contributed by atoms with Crippen molar-refractivity contribution in [2.75, 3.05) is 20.3 Å². The van der Waals surface area contributed by atoms with Gasteiger partial charge in [-0.1, -0.05) is 60.3 Å². The summed E-state index contributed by atoms with van der Waals surface area (Å²) in [7, 11) is 1.65. The molecule has 0 radical (unpaired) electrons. The van der Waals surface area contributed by atoms with Crippen LogP contribution in [0, 0.1) is 0 Å². The molecule has 0 amide bonds. The van der Waals surface area contributed by atoms with Crippen molar-refractivity contribution in [2.45, 2.75) is 66.0 Å². The number of methoxy groups -OCH3 is 1. The molecule has 7 nitrogen and oxygen atoms in total. The van der Waals surface area contributed by atoms with E-state index < -0.39 is 36.0 Å². The predicted molar refractivity (Wildman–Crippen MR) is 120 cm³/mol. The molecule has 2 aromatic rings. The fourth-order valence-corrected chi connectivity index (χ4v) is 6.02. The summed E-state index contributed by atoms with van der Waals surface area (Å²) in [6, 6.07) is 20.2. The normalized spacial score (nSPS) is 41.2. The molecule has 33 heavy (non-hydrogen) atoms. The number of benzene rings is 2. The van der Waals surface area contributed by atoms with E-state index in [0.717, 1.165) is 10.5 Å². The van der Waals surface area contributed by atoms with Crippen LogP contribution in [-0.4, -0.2) is 67.9 Å². The minimum Gasteiger partial charge on any atom is -0.382 e. The predicted octanol–water partition coefficient (Wildman–Crippen LogP) is 3.36. The Morgan fingerprint density at radius 1 is 1.03 bits per heavy atom. The van der Waals surface area contributed by atoms with Crippen molar-refractivity contribution in [3.8, 4) is 0 Å². The Morgan fingerprint density at radius 3 is 2.45 bits per heavy atom. The molecule has 0 N–H and O–H groups in total. The van der Waals surface area contributed by atoms with Gasteiger partial charge < -0.3 is 33.2 Å². The smallest absolute Gasteiger partial charge is 0.230 e.